The van der Waals surface area contributed by atoms with Crippen LogP contribution in [0, 0.1) is 0 Å². The molecule has 0 unspecified atom stereocenters. The summed E-state index contributed by atoms with van der Waals surface area (Å²) in [4.78, 5) is 15.2. The van der Waals surface area contributed by atoms with Crippen LogP contribution < -0.4 is 5.73 Å². The summed E-state index contributed by atoms with van der Waals surface area (Å²) in [5.41, 5.74) is 6.85. The van der Waals surface area contributed by atoms with E-state index in [0.717, 1.165) is 11.3 Å². The lowest BCUT2D eigenvalue weighted by Gasteiger charge is -2.22. The van der Waals surface area contributed by atoms with E-state index >= 15 is 0 Å². The van der Waals surface area contributed by atoms with Gasteiger partial charge in [0, 0.05) is 24.5 Å². The van der Waals surface area contributed by atoms with Crippen LogP contribution in [-0.4, -0.2) is 41.3 Å². The normalized spacial score (nSPS) is 10.0. The molecule has 0 aliphatic heterocycles. The smallest absolute Gasteiger partial charge is 0.232 e. The van der Waals surface area contributed by atoms with Crippen LogP contribution in [0.4, 0.5) is 0 Å². The quantitative estimate of drug-likeness (QED) is 0.705. The number of rotatable bonds is 8. The van der Waals surface area contributed by atoms with Crippen molar-refractivity contribution in [2.75, 3.05) is 25.4 Å². The molecule has 0 bridgehead atoms. The Bertz CT molecular complexity index is 608. The highest BCUT2D eigenvalue weighted by molar-refractivity contribution is 8.00. The molecule has 4 nitrogen and oxygen atoms in total. The van der Waals surface area contributed by atoms with Crippen molar-refractivity contribution < 1.29 is 9.90 Å². The largest absolute Gasteiger partial charge is 0.508 e. The number of carbonyl (C=O) groups is 1. The van der Waals surface area contributed by atoms with Crippen LogP contribution in [0.25, 0.3) is 0 Å². The first-order valence-corrected chi connectivity index (χ1v) is 8.61. The summed E-state index contributed by atoms with van der Waals surface area (Å²) >= 11 is 1.47. The van der Waals surface area contributed by atoms with Crippen molar-refractivity contribution in [2.24, 2.45) is 5.73 Å². The predicted molar refractivity (Wildman–Crippen MR) is 102 cm³/mol. The molecule has 1 amide bonds. The number of amides is 1. The second-order valence-electron chi connectivity index (χ2n) is 5.19. The average molecular weight is 367 g/mol. The fourth-order valence-corrected chi connectivity index (χ4v) is 3.01. The molecule has 0 atom stereocenters. The lowest BCUT2D eigenvalue weighted by molar-refractivity contribution is -0.128. The van der Waals surface area contributed by atoms with Gasteiger partial charge in [-0.2, -0.15) is 0 Å². The van der Waals surface area contributed by atoms with E-state index in [1.807, 2.05) is 35.2 Å². The summed E-state index contributed by atoms with van der Waals surface area (Å²) in [6, 6.07) is 17.0. The molecule has 0 fully saturated rings. The number of aromatic hydroxyl groups is 1. The number of halogens is 1. The van der Waals surface area contributed by atoms with E-state index in [1.165, 1.54) is 17.3 Å². The van der Waals surface area contributed by atoms with Crippen molar-refractivity contribution in [1.82, 2.24) is 4.90 Å². The zero-order valence-corrected chi connectivity index (χ0v) is 15.1. The molecule has 2 aromatic carbocycles. The minimum atomic E-state index is 0. The number of carbonyl (C=O) groups excluding carboxylic acids is 1. The summed E-state index contributed by atoms with van der Waals surface area (Å²) in [6.45, 7) is 1.71. The first-order chi connectivity index (χ1) is 11.2. The third-order valence-electron chi connectivity index (χ3n) is 3.46. The number of hydrogen-bond acceptors (Lipinski definition) is 4. The monoisotopic (exact) mass is 366 g/mol. The molecule has 0 heterocycles. The summed E-state index contributed by atoms with van der Waals surface area (Å²) in [6.07, 6.45) is 0.830. The fraction of sp³-hybridized carbons (Fsp3) is 0.278. The third kappa shape index (κ3) is 6.83. The van der Waals surface area contributed by atoms with Crippen LogP contribution in [0.5, 0.6) is 5.75 Å². The van der Waals surface area contributed by atoms with Gasteiger partial charge < -0.3 is 15.7 Å². The van der Waals surface area contributed by atoms with Crippen LogP contribution in [0.3, 0.4) is 0 Å². The van der Waals surface area contributed by atoms with Crippen LogP contribution in [0.1, 0.15) is 5.56 Å². The molecule has 130 valence electrons. The van der Waals surface area contributed by atoms with Gasteiger partial charge in [-0.1, -0.05) is 30.3 Å². The van der Waals surface area contributed by atoms with Gasteiger partial charge in [0.1, 0.15) is 5.75 Å². The fourth-order valence-electron chi connectivity index (χ4n) is 2.20. The first kappa shape index (κ1) is 20.4. The van der Waals surface area contributed by atoms with Gasteiger partial charge in [-0.3, -0.25) is 4.79 Å². The van der Waals surface area contributed by atoms with Crippen molar-refractivity contribution >= 4 is 30.1 Å². The maximum Gasteiger partial charge on any atom is 0.232 e. The molecule has 24 heavy (non-hydrogen) atoms. The Hall–Kier alpha value is -1.69. The Morgan fingerprint density at radius 3 is 2.33 bits per heavy atom. The van der Waals surface area contributed by atoms with Gasteiger partial charge in [-0.05, 0) is 36.2 Å². The molecule has 0 saturated heterocycles. The van der Waals surface area contributed by atoms with Crippen molar-refractivity contribution in [3.8, 4) is 5.75 Å². The number of phenolic OH excluding ortho intramolecular Hbond substituents is 1. The average Bonchev–Trinajstić information content (AvgIpc) is 2.58. The second-order valence-corrected chi connectivity index (χ2v) is 6.24. The lowest BCUT2D eigenvalue weighted by atomic mass is 10.1. The summed E-state index contributed by atoms with van der Waals surface area (Å²) < 4.78 is 0. The lowest BCUT2D eigenvalue weighted by Crippen LogP contribution is -2.38. The van der Waals surface area contributed by atoms with Gasteiger partial charge in [0.05, 0.1) is 5.75 Å². The van der Waals surface area contributed by atoms with Crippen LogP contribution in [0.15, 0.2) is 59.5 Å². The number of nitrogens with zero attached hydrogens (tertiary/aromatic N) is 1. The van der Waals surface area contributed by atoms with Gasteiger partial charge in [0.2, 0.25) is 5.91 Å². The van der Waals surface area contributed by atoms with Gasteiger partial charge in [-0.15, -0.1) is 24.2 Å². The maximum absolute atomic E-state index is 12.4. The molecule has 3 N–H and O–H groups in total. The number of hydrogen-bond donors (Lipinski definition) is 2. The molecule has 0 aromatic heterocycles. The van der Waals surface area contributed by atoms with Gasteiger partial charge in [0.25, 0.3) is 0 Å². The minimum Gasteiger partial charge on any atom is -0.508 e. The summed E-state index contributed by atoms with van der Waals surface area (Å²) in [5.74, 6) is 0.692. The molecule has 0 aliphatic carbocycles. The van der Waals surface area contributed by atoms with E-state index in [2.05, 4.69) is 12.1 Å². The molecule has 6 heteroatoms. The number of phenols is 1. The van der Waals surface area contributed by atoms with Crippen LogP contribution in [0.2, 0.25) is 0 Å². The Morgan fingerprint density at radius 2 is 1.71 bits per heavy atom. The zero-order valence-electron chi connectivity index (χ0n) is 13.4. The van der Waals surface area contributed by atoms with Crippen molar-refractivity contribution in [1.29, 1.82) is 0 Å². The predicted octanol–water partition coefficient (Wildman–Crippen LogP) is 2.94. The Morgan fingerprint density at radius 1 is 1.04 bits per heavy atom. The second kappa shape index (κ2) is 11.0. The van der Waals surface area contributed by atoms with Crippen LogP contribution >= 0.6 is 24.2 Å². The highest BCUT2D eigenvalue weighted by Gasteiger charge is 2.13. The molecule has 2 aromatic rings. The standard InChI is InChI=1S/C18H22N2O2S.ClH/c19-11-13-20(12-10-15-4-2-1-3-5-15)18(22)14-23-17-8-6-16(21)7-9-17;/h1-9,21H,10-14,19H2;1H. The minimum absolute atomic E-state index is 0. The maximum atomic E-state index is 12.4. The highest BCUT2D eigenvalue weighted by atomic mass is 35.5. The zero-order chi connectivity index (χ0) is 16.5. The molecule has 0 radical (unpaired) electrons. The van der Waals surface area contributed by atoms with E-state index in [0.29, 0.717) is 25.4 Å². The molecular weight excluding hydrogens is 344 g/mol. The molecule has 0 spiro atoms. The molecule has 2 rings (SSSR count). The summed E-state index contributed by atoms with van der Waals surface area (Å²) in [5, 5.41) is 9.27. The topological polar surface area (TPSA) is 66.6 Å². The van der Waals surface area contributed by atoms with E-state index in [4.69, 9.17) is 5.73 Å². The third-order valence-corrected chi connectivity index (χ3v) is 4.46. The number of benzene rings is 2. The van der Waals surface area contributed by atoms with E-state index in [-0.39, 0.29) is 24.1 Å². The Labute approximate surface area is 153 Å². The number of thioether (sulfide) groups is 1. The van der Waals surface area contributed by atoms with E-state index < -0.39 is 0 Å². The molecule has 0 saturated carbocycles. The van der Waals surface area contributed by atoms with Gasteiger partial charge in [-0.25, -0.2) is 0 Å². The van der Waals surface area contributed by atoms with Crippen molar-refractivity contribution in [2.45, 2.75) is 11.3 Å². The Kier molecular flexibility index (Phi) is 9.30. The van der Waals surface area contributed by atoms with Crippen molar-refractivity contribution in [3.63, 3.8) is 0 Å². The highest BCUT2D eigenvalue weighted by Crippen LogP contribution is 2.21. The molecule has 0 aliphatic rings. The van der Waals surface area contributed by atoms with E-state index in [1.54, 1.807) is 12.1 Å². The summed E-state index contributed by atoms with van der Waals surface area (Å²) in [7, 11) is 0. The van der Waals surface area contributed by atoms with Crippen LogP contribution in [-0.2, 0) is 11.2 Å². The van der Waals surface area contributed by atoms with Crippen molar-refractivity contribution in [3.05, 3.63) is 60.2 Å². The first-order valence-electron chi connectivity index (χ1n) is 7.62. The van der Waals surface area contributed by atoms with E-state index in [9.17, 15) is 9.90 Å². The Balaban J connectivity index is 0.00000288. The SMILES string of the molecule is Cl.NCCN(CCc1ccccc1)C(=O)CSc1ccc(O)cc1. The number of nitrogens with two attached hydrogens (primary N) is 1. The molecular formula is C18H23ClN2O2S. The van der Waals surface area contributed by atoms with Gasteiger partial charge >= 0.3 is 0 Å². The van der Waals surface area contributed by atoms with Gasteiger partial charge in [0.15, 0.2) is 0 Å².